The molecule has 0 radical (unpaired) electrons. The summed E-state index contributed by atoms with van der Waals surface area (Å²) in [7, 11) is 0. The first kappa shape index (κ1) is 18.9. The Morgan fingerprint density at radius 3 is 2.38 bits per heavy atom. The number of hydrogen-bond donors (Lipinski definition) is 1. The molecule has 5 nitrogen and oxygen atoms in total. The van der Waals surface area contributed by atoms with Gasteiger partial charge in [0.2, 0.25) is 3.79 Å². The second-order valence-electron chi connectivity index (χ2n) is 6.23. The molecule has 0 unspecified atom stereocenters. The van der Waals surface area contributed by atoms with Crippen LogP contribution in [-0.4, -0.2) is 26.3 Å². The maximum Gasteiger partial charge on any atom is 0.412 e. The fourth-order valence-electron chi connectivity index (χ4n) is 1.89. The highest BCUT2D eigenvalue weighted by atomic mass is 35.6. The lowest BCUT2D eigenvalue weighted by Gasteiger charge is -2.14. The number of rotatable bonds is 3. The van der Waals surface area contributed by atoms with Crippen LogP contribution in [-0.2, 0) is 10.2 Å². The number of ether oxygens (including phenoxy) is 1. The van der Waals surface area contributed by atoms with Gasteiger partial charge in [-0.25, -0.2) is 9.48 Å². The Bertz CT molecular complexity index is 704. The molecule has 130 valence electrons. The van der Waals surface area contributed by atoms with E-state index in [9.17, 15) is 4.79 Å². The lowest BCUT2D eigenvalue weighted by molar-refractivity contribution is 0.163. The summed E-state index contributed by atoms with van der Waals surface area (Å²) in [6, 6.07) is 11.2. The topological polar surface area (TPSA) is 56.1 Å². The van der Waals surface area contributed by atoms with Crippen molar-refractivity contribution in [1.29, 1.82) is 0 Å². The minimum atomic E-state index is -1.66. The van der Waals surface area contributed by atoms with E-state index in [2.05, 4.69) is 10.4 Å². The Hall–Kier alpha value is -1.43. The van der Waals surface area contributed by atoms with E-state index in [0.717, 1.165) is 11.4 Å². The summed E-state index contributed by atoms with van der Waals surface area (Å²) in [4.78, 5) is 12.0. The number of carbonyl (C=O) groups excluding carboxylic acids is 1. The number of halogens is 3. The van der Waals surface area contributed by atoms with Crippen molar-refractivity contribution >= 4 is 46.7 Å². The largest absolute Gasteiger partial charge is 0.445 e. The van der Waals surface area contributed by atoms with Gasteiger partial charge in [-0.1, -0.05) is 73.8 Å². The van der Waals surface area contributed by atoms with Crippen LogP contribution in [0, 0.1) is 0 Å². The molecule has 0 fully saturated rings. The van der Waals surface area contributed by atoms with Crippen molar-refractivity contribution in [1.82, 2.24) is 9.78 Å². The van der Waals surface area contributed by atoms with E-state index in [0.29, 0.717) is 5.82 Å². The number of benzene rings is 1. The van der Waals surface area contributed by atoms with Crippen LogP contribution in [0.5, 0.6) is 0 Å². The second-order valence-corrected chi connectivity index (χ2v) is 8.74. The molecule has 1 amide bonds. The molecule has 1 heterocycles. The lowest BCUT2D eigenvalue weighted by Crippen LogP contribution is -2.22. The molecule has 2 rings (SSSR count). The van der Waals surface area contributed by atoms with Gasteiger partial charge in [0.1, 0.15) is 12.4 Å². The van der Waals surface area contributed by atoms with Crippen LogP contribution in [0.3, 0.4) is 0 Å². The molecule has 0 saturated carbocycles. The van der Waals surface area contributed by atoms with Gasteiger partial charge in [-0.2, -0.15) is 5.10 Å². The minimum absolute atomic E-state index is 0.183. The van der Waals surface area contributed by atoms with Crippen LogP contribution in [0.15, 0.2) is 36.4 Å². The molecule has 24 heavy (non-hydrogen) atoms. The summed E-state index contributed by atoms with van der Waals surface area (Å²) in [5, 5.41) is 7.22. The second kappa shape index (κ2) is 7.21. The third-order valence-electron chi connectivity index (χ3n) is 3.08. The van der Waals surface area contributed by atoms with Gasteiger partial charge >= 0.3 is 6.09 Å². The number of alkyl halides is 3. The van der Waals surface area contributed by atoms with E-state index < -0.39 is 9.89 Å². The highest BCUT2D eigenvalue weighted by Gasteiger charge is 2.24. The molecule has 0 bridgehead atoms. The van der Waals surface area contributed by atoms with Gasteiger partial charge in [0, 0.05) is 11.5 Å². The van der Waals surface area contributed by atoms with E-state index in [-0.39, 0.29) is 12.0 Å². The van der Waals surface area contributed by atoms with Crippen molar-refractivity contribution in [2.45, 2.75) is 30.0 Å². The van der Waals surface area contributed by atoms with Gasteiger partial charge in [-0.3, -0.25) is 5.32 Å². The predicted octanol–water partition coefficient (Wildman–Crippen LogP) is 5.09. The van der Waals surface area contributed by atoms with Crippen LogP contribution >= 0.6 is 34.8 Å². The lowest BCUT2D eigenvalue weighted by atomic mass is 9.92. The molecule has 1 aromatic heterocycles. The van der Waals surface area contributed by atoms with Crippen molar-refractivity contribution in [3.63, 3.8) is 0 Å². The number of nitrogens with zero attached hydrogens (tertiary/aromatic N) is 2. The normalized spacial score (nSPS) is 12.1. The van der Waals surface area contributed by atoms with Gasteiger partial charge in [0.05, 0.1) is 11.4 Å². The fraction of sp³-hybridized carbons (Fsp3) is 0.375. The van der Waals surface area contributed by atoms with Gasteiger partial charge in [-0.05, 0) is 12.1 Å². The van der Waals surface area contributed by atoms with E-state index in [1.165, 1.54) is 0 Å². The molecular weight excluding hydrogens is 373 g/mol. The average molecular weight is 391 g/mol. The highest BCUT2D eigenvalue weighted by Crippen LogP contribution is 2.28. The Kier molecular flexibility index (Phi) is 5.68. The number of aromatic nitrogens is 2. The minimum Gasteiger partial charge on any atom is -0.445 e. The maximum absolute atomic E-state index is 12.0. The van der Waals surface area contributed by atoms with Crippen molar-refractivity contribution < 1.29 is 9.53 Å². The molecule has 0 spiro atoms. The van der Waals surface area contributed by atoms with Gasteiger partial charge in [0.25, 0.3) is 0 Å². The van der Waals surface area contributed by atoms with Gasteiger partial charge < -0.3 is 4.74 Å². The van der Waals surface area contributed by atoms with E-state index >= 15 is 0 Å². The van der Waals surface area contributed by atoms with Crippen LogP contribution in [0.2, 0.25) is 0 Å². The SMILES string of the molecule is CC(C)(C)c1cc(NC(=O)OCC(Cl)(Cl)Cl)n(-c2ccccc2)n1. The fourth-order valence-corrected chi connectivity index (χ4v) is 2.05. The number of amides is 1. The number of anilines is 1. The summed E-state index contributed by atoms with van der Waals surface area (Å²) in [5.41, 5.74) is 1.45. The van der Waals surface area contributed by atoms with Crippen LogP contribution in [0.1, 0.15) is 26.5 Å². The number of nitrogens with one attached hydrogen (secondary N) is 1. The summed E-state index contributed by atoms with van der Waals surface area (Å²) in [6.07, 6.45) is -0.723. The van der Waals surface area contributed by atoms with Gasteiger partial charge in [-0.15, -0.1) is 0 Å². The molecule has 1 aromatic carbocycles. The molecule has 0 aliphatic carbocycles. The summed E-state index contributed by atoms with van der Waals surface area (Å²) >= 11 is 16.7. The summed E-state index contributed by atoms with van der Waals surface area (Å²) in [6.45, 7) is 5.76. The standard InChI is InChI=1S/C16H18Cl3N3O2/c1-15(2,3)12-9-13(20-14(23)24-10-16(17,18)19)22(21-12)11-7-5-4-6-8-11/h4-9H,10H2,1-3H3,(H,20,23). The molecule has 1 N–H and O–H groups in total. The Morgan fingerprint density at radius 1 is 1.21 bits per heavy atom. The van der Waals surface area contributed by atoms with Gasteiger partial charge in [0.15, 0.2) is 0 Å². The third-order valence-corrected chi connectivity index (χ3v) is 3.40. The number of hydrogen-bond acceptors (Lipinski definition) is 3. The first-order valence-electron chi connectivity index (χ1n) is 7.23. The van der Waals surface area contributed by atoms with E-state index in [4.69, 9.17) is 39.5 Å². The summed E-state index contributed by atoms with van der Waals surface area (Å²) in [5.74, 6) is 0.473. The van der Waals surface area contributed by atoms with Crippen molar-refractivity contribution in [3.05, 3.63) is 42.1 Å². The van der Waals surface area contributed by atoms with Crippen LogP contribution in [0.25, 0.3) is 5.69 Å². The van der Waals surface area contributed by atoms with Crippen molar-refractivity contribution in [2.24, 2.45) is 0 Å². The monoisotopic (exact) mass is 389 g/mol. The van der Waals surface area contributed by atoms with Crippen LogP contribution in [0.4, 0.5) is 10.6 Å². The molecular formula is C16H18Cl3N3O2. The molecule has 0 aliphatic rings. The molecule has 8 heteroatoms. The number of carbonyl (C=O) groups is 1. The predicted molar refractivity (Wildman–Crippen MR) is 97.5 cm³/mol. The van der Waals surface area contributed by atoms with Crippen molar-refractivity contribution in [2.75, 3.05) is 11.9 Å². The molecule has 0 saturated heterocycles. The Balaban J connectivity index is 2.28. The highest BCUT2D eigenvalue weighted by molar-refractivity contribution is 6.67. The first-order chi connectivity index (χ1) is 11.1. The quantitative estimate of drug-likeness (QED) is 0.743. The van der Waals surface area contributed by atoms with E-state index in [1.54, 1.807) is 10.7 Å². The zero-order valence-corrected chi connectivity index (χ0v) is 15.8. The molecule has 0 atom stereocenters. The maximum atomic E-state index is 12.0. The Morgan fingerprint density at radius 2 is 1.83 bits per heavy atom. The van der Waals surface area contributed by atoms with E-state index in [1.807, 2.05) is 51.1 Å². The van der Waals surface area contributed by atoms with Crippen molar-refractivity contribution in [3.8, 4) is 5.69 Å². The van der Waals surface area contributed by atoms with Crippen LogP contribution < -0.4 is 5.32 Å². The molecule has 2 aromatic rings. The number of para-hydroxylation sites is 1. The molecule has 0 aliphatic heterocycles. The Labute approximate surface area is 155 Å². The smallest absolute Gasteiger partial charge is 0.412 e. The summed E-state index contributed by atoms with van der Waals surface area (Å²) < 4.78 is 4.89. The third kappa shape index (κ3) is 5.30. The zero-order valence-electron chi connectivity index (χ0n) is 13.5. The zero-order chi connectivity index (χ0) is 18.0. The average Bonchev–Trinajstić information content (AvgIpc) is 2.89. The first-order valence-corrected chi connectivity index (χ1v) is 8.36.